The fourth-order valence-corrected chi connectivity index (χ4v) is 3.76. The number of nitrogens with zero attached hydrogens (tertiary/aromatic N) is 1. The number of anilines is 2. The molecule has 2 aromatic rings. The first-order valence-corrected chi connectivity index (χ1v) is 11.9. The van der Waals surface area contributed by atoms with Crippen LogP contribution in [0.25, 0.3) is 0 Å². The van der Waals surface area contributed by atoms with Gasteiger partial charge in [-0.05, 0) is 41.8 Å². The van der Waals surface area contributed by atoms with Gasteiger partial charge in [0.1, 0.15) is 11.5 Å². The minimum absolute atomic E-state index is 0.0741. The van der Waals surface area contributed by atoms with Gasteiger partial charge >= 0.3 is 16.1 Å². The van der Waals surface area contributed by atoms with Crippen molar-refractivity contribution in [2.75, 3.05) is 23.0 Å². The van der Waals surface area contributed by atoms with Gasteiger partial charge in [0.25, 0.3) is 5.91 Å². The summed E-state index contributed by atoms with van der Waals surface area (Å²) in [6.45, 7) is 5.70. The van der Waals surface area contributed by atoms with E-state index in [1.807, 2.05) is 20.8 Å². The molecule has 1 saturated heterocycles. The molecule has 2 aromatic carbocycles. The minimum Gasteiger partial charge on any atom is -0.507 e. The van der Waals surface area contributed by atoms with Crippen LogP contribution in [0.4, 0.5) is 16.2 Å². The smallest absolute Gasteiger partial charge is 0.328 e. The monoisotopic (exact) mass is 475 g/mol. The highest BCUT2D eigenvalue weighted by molar-refractivity contribution is 7.86. The maximum Gasteiger partial charge on any atom is 0.328 e. The van der Waals surface area contributed by atoms with E-state index in [-0.39, 0.29) is 35.7 Å². The molecule has 0 spiro atoms. The standard InChI is InChI=1S/C22H25N3O7S/c1-22(2,3)17-12-14(25-18(26)9-10-23-21(25)29)11-16(19(17)27)20(28)24-13-5-7-15(8-6-13)32-33(4,30)31/h5-8,11-12,27H,9-10H2,1-4H3,(H,23,29)(H,24,28). The van der Waals surface area contributed by atoms with Crippen molar-refractivity contribution in [1.82, 2.24) is 5.32 Å². The lowest BCUT2D eigenvalue weighted by molar-refractivity contribution is -0.118. The number of imide groups is 1. The van der Waals surface area contributed by atoms with E-state index in [4.69, 9.17) is 4.18 Å². The van der Waals surface area contributed by atoms with Gasteiger partial charge in [-0.15, -0.1) is 0 Å². The molecule has 3 N–H and O–H groups in total. The first-order chi connectivity index (χ1) is 15.3. The molecular weight excluding hydrogens is 450 g/mol. The third-order valence-corrected chi connectivity index (χ3v) is 5.33. The van der Waals surface area contributed by atoms with Gasteiger partial charge in [-0.3, -0.25) is 9.59 Å². The summed E-state index contributed by atoms with van der Waals surface area (Å²) in [5.74, 6) is -1.30. The van der Waals surface area contributed by atoms with Crippen molar-refractivity contribution in [3.63, 3.8) is 0 Å². The molecular formula is C22H25N3O7S. The molecule has 176 valence electrons. The van der Waals surface area contributed by atoms with Crippen LogP contribution >= 0.6 is 0 Å². The summed E-state index contributed by atoms with van der Waals surface area (Å²) in [6.07, 6.45) is 1.03. The number of carbonyl (C=O) groups is 3. The number of hydrogen-bond acceptors (Lipinski definition) is 7. The fourth-order valence-electron chi connectivity index (χ4n) is 3.30. The minimum atomic E-state index is -3.69. The number of nitrogens with one attached hydrogen (secondary N) is 2. The molecule has 1 aliphatic heterocycles. The third kappa shape index (κ3) is 5.61. The van der Waals surface area contributed by atoms with E-state index in [1.165, 1.54) is 36.4 Å². The summed E-state index contributed by atoms with van der Waals surface area (Å²) in [5, 5.41) is 16.1. The third-order valence-electron chi connectivity index (χ3n) is 4.83. The van der Waals surface area contributed by atoms with Gasteiger partial charge < -0.3 is 19.9 Å². The van der Waals surface area contributed by atoms with Crippen LogP contribution in [0.15, 0.2) is 36.4 Å². The van der Waals surface area contributed by atoms with Crippen LogP contribution in [0.5, 0.6) is 11.5 Å². The average molecular weight is 476 g/mol. The molecule has 0 bridgehead atoms. The number of phenols is 1. The molecule has 1 aliphatic rings. The van der Waals surface area contributed by atoms with Gasteiger partial charge in [0.05, 0.1) is 17.5 Å². The second-order valence-electron chi connectivity index (χ2n) is 8.62. The van der Waals surface area contributed by atoms with Crippen LogP contribution in [0.1, 0.15) is 43.1 Å². The van der Waals surface area contributed by atoms with E-state index in [0.717, 1.165) is 11.2 Å². The molecule has 0 radical (unpaired) electrons. The molecule has 0 saturated carbocycles. The topological polar surface area (TPSA) is 142 Å². The quantitative estimate of drug-likeness (QED) is 0.564. The molecule has 1 fully saturated rings. The maximum atomic E-state index is 13.0. The lowest BCUT2D eigenvalue weighted by Crippen LogP contribution is -2.50. The van der Waals surface area contributed by atoms with Gasteiger partial charge in [-0.25, -0.2) is 9.69 Å². The highest BCUT2D eigenvalue weighted by Crippen LogP contribution is 2.38. The normalized spacial score (nSPS) is 14.6. The van der Waals surface area contributed by atoms with Crippen molar-refractivity contribution in [3.05, 3.63) is 47.5 Å². The Morgan fingerprint density at radius 1 is 1.15 bits per heavy atom. The zero-order valence-corrected chi connectivity index (χ0v) is 19.4. The van der Waals surface area contributed by atoms with Gasteiger partial charge in [-0.2, -0.15) is 8.42 Å². The molecule has 0 aromatic heterocycles. The number of rotatable bonds is 5. The molecule has 0 atom stereocenters. The number of urea groups is 1. The summed E-state index contributed by atoms with van der Waals surface area (Å²) in [5.41, 5.74) is 0.139. The summed E-state index contributed by atoms with van der Waals surface area (Å²) in [4.78, 5) is 38.7. The fraction of sp³-hybridized carbons (Fsp3) is 0.318. The van der Waals surface area contributed by atoms with Gasteiger partial charge in [0.15, 0.2) is 0 Å². The van der Waals surface area contributed by atoms with E-state index in [0.29, 0.717) is 11.3 Å². The number of carbonyl (C=O) groups excluding carboxylic acids is 3. The lowest BCUT2D eigenvalue weighted by atomic mass is 9.84. The van der Waals surface area contributed by atoms with Crippen LogP contribution in [-0.2, 0) is 20.3 Å². The van der Waals surface area contributed by atoms with E-state index < -0.39 is 33.4 Å². The van der Waals surface area contributed by atoms with Crippen LogP contribution in [0.2, 0.25) is 0 Å². The van der Waals surface area contributed by atoms with E-state index in [1.54, 1.807) is 0 Å². The van der Waals surface area contributed by atoms with Crippen LogP contribution in [0.3, 0.4) is 0 Å². The Hall–Kier alpha value is -3.60. The predicted octanol–water partition coefficient (Wildman–Crippen LogP) is 2.73. The molecule has 3 rings (SSSR count). The summed E-state index contributed by atoms with van der Waals surface area (Å²) >= 11 is 0. The van der Waals surface area contributed by atoms with E-state index in [9.17, 15) is 27.9 Å². The number of phenolic OH excluding ortho intramolecular Hbond substituents is 1. The molecule has 4 amide bonds. The average Bonchev–Trinajstić information content (AvgIpc) is 2.68. The highest BCUT2D eigenvalue weighted by atomic mass is 32.2. The number of benzene rings is 2. The lowest BCUT2D eigenvalue weighted by Gasteiger charge is -2.29. The second kappa shape index (κ2) is 8.74. The zero-order chi connectivity index (χ0) is 24.6. The summed E-state index contributed by atoms with van der Waals surface area (Å²) in [7, 11) is -3.69. The number of aromatic hydroxyl groups is 1. The van der Waals surface area contributed by atoms with E-state index in [2.05, 4.69) is 10.6 Å². The molecule has 33 heavy (non-hydrogen) atoms. The van der Waals surface area contributed by atoms with Crippen molar-refractivity contribution in [3.8, 4) is 11.5 Å². The first-order valence-electron chi connectivity index (χ1n) is 10.1. The van der Waals surface area contributed by atoms with Crippen LogP contribution < -0.4 is 19.7 Å². The SMILES string of the molecule is CC(C)(C)c1cc(N2C(=O)CCNC2=O)cc(C(=O)Nc2ccc(OS(C)(=O)=O)cc2)c1O. The second-order valence-corrected chi connectivity index (χ2v) is 10.2. The number of amides is 4. The predicted molar refractivity (Wildman–Crippen MR) is 122 cm³/mol. The van der Waals surface area contributed by atoms with Crippen molar-refractivity contribution in [2.24, 2.45) is 0 Å². The Balaban J connectivity index is 1.98. The van der Waals surface area contributed by atoms with Crippen molar-refractivity contribution >= 4 is 39.3 Å². The molecule has 11 heteroatoms. The number of hydrogen-bond donors (Lipinski definition) is 3. The molecule has 1 heterocycles. The Morgan fingerprint density at radius 2 is 1.79 bits per heavy atom. The van der Waals surface area contributed by atoms with Crippen LogP contribution in [-0.4, -0.2) is 44.2 Å². The van der Waals surface area contributed by atoms with Crippen molar-refractivity contribution < 1.29 is 32.1 Å². The van der Waals surface area contributed by atoms with Crippen LogP contribution in [0, 0.1) is 0 Å². The van der Waals surface area contributed by atoms with Gasteiger partial charge in [-0.1, -0.05) is 20.8 Å². The van der Waals surface area contributed by atoms with Crippen molar-refractivity contribution in [1.29, 1.82) is 0 Å². The largest absolute Gasteiger partial charge is 0.507 e. The maximum absolute atomic E-state index is 13.0. The highest BCUT2D eigenvalue weighted by Gasteiger charge is 2.31. The Bertz CT molecular complexity index is 1200. The summed E-state index contributed by atoms with van der Waals surface area (Å²) < 4.78 is 27.2. The molecule has 0 unspecified atom stereocenters. The first kappa shape index (κ1) is 24.1. The van der Waals surface area contributed by atoms with E-state index >= 15 is 0 Å². The Kier molecular flexibility index (Phi) is 6.37. The summed E-state index contributed by atoms with van der Waals surface area (Å²) in [6, 6.07) is 7.80. The molecule has 10 nitrogen and oxygen atoms in total. The Morgan fingerprint density at radius 3 is 2.33 bits per heavy atom. The van der Waals surface area contributed by atoms with Gasteiger partial charge in [0.2, 0.25) is 5.91 Å². The van der Waals surface area contributed by atoms with Crippen molar-refractivity contribution in [2.45, 2.75) is 32.6 Å². The zero-order valence-electron chi connectivity index (χ0n) is 18.6. The Labute approximate surface area is 191 Å². The molecule has 0 aliphatic carbocycles. The van der Waals surface area contributed by atoms with Gasteiger partial charge in [0, 0.05) is 24.2 Å².